The van der Waals surface area contributed by atoms with E-state index in [1.165, 1.54) is 32.1 Å². The van der Waals surface area contributed by atoms with Gasteiger partial charge in [0.25, 0.3) is 0 Å². The predicted molar refractivity (Wildman–Crippen MR) is 86.7 cm³/mol. The van der Waals surface area contributed by atoms with Crippen LogP contribution in [0.5, 0.6) is 5.75 Å². The Balaban J connectivity index is 1.67. The second kappa shape index (κ2) is 8.40. The summed E-state index contributed by atoms with van der Waals surface area (Å²) in [5.41, 5.74) is 1.11. The van der Waals surface area contributed by atoms with E-state index >= 15 is 0 Å². The van der Waals surface area contributed by atoms with E-state index < -0.39 is 6.10 Å². The lowest BCUT2D eigenvalue weighted by atomic mass is 10.0. The Morgan fingerprint density at radius 3 is 2.86 bits per heavy atom. The normalized spacial score (nSPS) is 24.3. The molecule has 3 atom stereocenters. The quantitative estimate of drug-likeness (QED) is 0.790. The predicted octanol–water partition coefficient (Wildman–Crippen LogP) is 3.29. The lowest BCUT2D eigenvalue weighted by Gasteiger charge is -2.19. The van der Waals surface area contributed by atoms with Crippen LogP contribution in [-0.4, -0.2) is 30.4 Å². The molecule has 1 aromatic rings. The highest BCUT2D eigenvalue weighted by atomic mass is 16.5. The summed E-state index contributed by atoms with van der Waals surface area (Å²) in [6, 6.07) is 8.48. The minimum absolute atomic E-state index is 0.348. The molecule has 0 aromatic heterocycles. The Bertz CT molecular complexity index is 421. The molecule has 21 heavy (non-hydrogen) atoms. The van der Waals surface area contributed by atoms with E-state index in [1.54, 1.807) is 0 Å². The molecule has 3 unspecified atom stereocenters. The first kappa shape index (κ1) is 16.3. The summed E-state index contributed by atoms with van der Waals surface area (Å²) in [4.78, 5) is 0. The van der Waals surface area contributed by atoms with Gasteiger partial charge in [0, 0.05) is 12.6 Å². The fraction of sp³-hybridized carbons (Fsp3) is 0.667. The lowest BCUT2D eigenvalue weighted by Crippen LogP contribution is -2.37. The van der Waals surface area contributed by atoms with Crippen LogP contribution in [0.3, 0.4) is 0 Å². The van der Waals surface area contributed by atoms with Crippen molar-refractivity contribution in [3.8, 4) is 5.75 Å². The molecule has 0 aliphatic heterocycles. The molecule has 1 aliphatic rings. The first-order chi connectivity index (χ1) is 10.1. The first-order valence-electron chi connectivity index (χ1n) is 8.25. The molecule has 1 aliphatic carbocycles. The molecule has 3 nitrogen and oxygen atoms in total. The van der Waals surface area contributed by atoms with Gasteiger partial charge in [0.15, 0.2) is 0 Å². The van der Waals surface area contributed by atoms with Crippen molar-refractivity contribution in [1.29, 1.82) is 0 Å². The maximum Gasteiger partial charge on any atom is 0.122 e. The summed E-state index contributed by atoms with van der Waals surface area (Å²) in [5, 5.41) is 13.6. The number of hydrogen-bond donors (Lipinski definition) is 2. The van der Waals surface area contributed by atoms with E-state index in [4.69, 9.17) is 4.74 Å². The molecule has 1 saturated carbocycles. The summed E-state index contributed by atoms with van der Waals surface area (Å²) >= 11 is 0. The van der Waals surface area contributed by atoms with Gasteiger partial charge in [0.1, 0.15) is 18.5 Å². The second-order valence-electron chi connectivity index (χ2n) is 6.45. The largest absolute Gasteiger partial charge is 0.491 e. The molecule has 3 heteroatoms. The molecule has 118 valence electrons. The molecular weight excluding hydrogens is 262 g/mol. The third-order valence-electron chi connectivity index (χ3n) is 4.42. The van der Waals surface area contributed by atoms with Gasteiger partial charge in [0.2, 0.25) is 0 Å². The van der Waals surface area contributed by atoms with Crippen LogP contribution < -0.4 is 10.1 Å². The van der Waals surface area contributed by atoms with Crippen LogP contribution in [0.25, 0.3) is 0 Å². The maximum absolute atomic E-state index is 10.1. The van der Waals surface area contributed by atoms with Crippen LogP contribution in [0.15, 0.2) is 24.3 Å². The monoisotopic (exact) mass is 291 g/mol. The molecule has 0 saturated heterocycles. The molecule has 0 bridgehead atoms. The highest BCUT2D eigenvalue weighted by Crippen LogP contribution is 2.22. The summed E-state index contributed by atoms with van der Waals surface area (Å²) in [5.74, 6) is 1.71. The van der Waals surface area contributed by atoms with Crippen molar-refractivity contribution in [2.75, 3.05) is 13.2 Å². The van der Waals surface area contributed by atoms with Gasteiger partial charge in [-0.25, -0.2) is 0 Å². The summed E-state index contributed by atoms with van der Waals surface area (Å²) in [6.45, 7) is 5.33. The molecule has 1 aromatic carbocycles. The Morgan fingerprint density at radius 1 is 1.24 bits per heavy atom. The zero-order valence-electron chi connectivity index (χ0n) is 13.3. The third-order valence-corrected chi connectivity index (χ3v) is 4.42. The van der Waals surface area contributed by atoms with E-state index in [9.17, 15) is 5.11 Å². The number of hydrogen-bond acceptors (Lipinski definition) is 3. The van der Waals surface area contributed by atoms with Crippen molar-refractivity contribution in [1.82, 2.24) is 5.32 Å². The van der Waals surface area contributed by atoms with Crippen molar-refractivity contribution in [2.24, 2.45) is 5.92 Å². The van der Waals surface area contributed by atoms with E-state index in [0.717, 1.165) is 17.2 Å². The van der Waals surface area contributed by atoms with Crippen LogP contribution in [-0.2, 0) is 0 Å². The average Bonchev–Trinajstić information content (AvgIpc) is 2.69. The molecule has 2 N–H and O–H groups in total. The Labute approximate surface area is 128 Å². The fourth-order valence-electron chi connectivity index (χ4n) is 2.96. The number of para-hydroxylation sites is 1. The van der Waals surface area contributed by atoms with Crippen molar-refractivity contribution >= 4 is 0 Å². The maximum atomic E-state index is 10.1. The lowest BCUT2D eigenvalue weighted by molar-refractivity contribution is 0.102. The van der Waals surface area contributed by atoms with Gasteiger partial charge < -0.3 is 15.2 Å². The number of aliphatic hydroxyl groups excluding tert-OH is 1. The first-order valence-corrected chi connectivity index (χ1v) is 8.25. The van der Waals surface area contributed by atoms with E-state index in [1.807, 2.05) is 31.2 Å². The average molecular weight is 291 g/mol. The highest BCUT2D eigenvalue weighted by molar-refractivity contribution is 5.31. The minimum Gasteiger partial charge on any atom is -0.491 e. The summed E-state index contributed by atoms with van der Waals surface area (Å²) < 4.78 is 5.69. The second-order valence-corrected chi connectivity index (χ2v) is 6.45. The molecule has 0 amide bonds. The van der Waals surface area contributed by atoms with Crippen molar-refractivity contribution in [3.05, 3.63) is 29.8 Å². The number of nitrogens with one attached hydrogen (secondary N) is 1. The van der Waals surface area contributed by atoms with Crippen LogP contribution in [0.2, 0.25) is 0 Å². The van der Waals surface area contributed by atoms with Crippen LogP contribution in [0.1, 0.15) is 44.6 Å². The third kappa shape index (κ3) is 5.68. The Morgan fingerprint density at radius 2 is 2.05 bits per heavy atom. The summed E-state index contributed by atoms with van der Waals surface area (Å²) in [7, 11) is 0. The van der Waals surface area contributed by atoms with Gasteiger partial charge in [-0.05, 0) is 43.7 Å². The van der Waals surface area contributed by atoms with Gasteiger partial charge in [0.05, 0.1) is 0 Å². The number of aliphatic hydroxyl groups is 1. The van der Waals surface area contributed by atoms with E-state index in [0.29, 0.717) is 19.2 Å². The van der Waals surface area contributed by atoms with Gasteiger partial charge in [-0.3, -0.25) is 0 Å². The van der Waals surface area contributed by atoms with E-state index in [2.05, 4.69) is 12.2 Å². The van der Waals surface area contributed by atoms with Gasteiger partial charge in [-0.2, -0.15) is 0 Å². The number of rotatable bonds is 6. The van der Waals surface area contributed by atoms with Crippen molar-refractivity contribution in [3.63, 3.8) is 0 Å². The van der Waals surface area contributed by atoms with Gasteiger partial charge >= 0.3 is 0 Å². The molecule has 0 radical (unpaired) electrons. The van der Waals surface area contributed by atoms with Crippen molar-refractivity contribution < 1.29 is 9.84 Å². The van der Waals surface area contributed by atoms with Crippen molar-refractivity contribution in [2.45, 2.75) is 58.1 Å². The molecule has 0 spiro atoms. The summed E-state index contributed by atoms with van der Waals surface area (Å²) in [6.07, 6.45) is 5.95. The van der Waals surface area contributed by atoms with Gasteiger partial charge in [-0.1, -0.05) is 38.0 Å². The van der Waals surface area contributed by atoms with Crippen LogP contribution >= 0.6 is 0 Å². The molecule has 1 fully saturated rings. The fourth-order valence-corrected chi connectivity index (χ4v) is 2.96. The van der Waals surface area contributed by atoms with E-state index in [-0.39, 0.29) is 0 Å². The SMILES string of the molecule is Cc1ccccc1OCC(O)CNC1CCCC(C)CC1. The molecule has 2 rings (SSSR count). The molecular formula is C18H29NO2. The van der Waals surface area contributed by atoms with Crippen LogP contribution in [0.4, 0.5) is 0 Å². The van der Waals surface area contributed by atoms with Crippen LogP contribution in [0, 0.1) is 12.8 Å². The number of aryl methyl sites for hydroxylation is 1. The highest BCUT2D eigenvalue weighted by Gasteiger charge is 2.17. The van der Waals surface area contributed by atoms with Gasteiger partial charge in [-0.15, -0.1) is 0 Å². The Hall–Kier alpha value is -1.06. The Kier molecular flexibility index (Phi) is 6.52. The topological polar surface area (TPSA) is 41.5 Å². The molecule has 0 heterocycles. The zero-order chi connectivity index (χ0) is 15.1. The smallest absolute Gasteiger partial charge is 0.122 e. The zero-order valence-corrected chi connectivity index (χ0v) is 13.3. The number of benzene rings is 1. The standard InChI is InChI=1S/C18H29NO2/c1-14-6-5-8-16(11-10-14)19-12-17(20)13-21-18-9-4-3-7-15(18)2/h3-4,7,9,14,16-17,19-20H,5-6,8,10-13H2,1-2H3. The number of ether oxygens (including phenoxy) is 1. The minimum atomic E-state index is -0.453.